The van der Waals surface area contributed by atoms with Crippen molar-refractivity contribution in [1.29, 1.82) is 0 Å². The number of carbonyl (C=O) groups is 2. The monoisotopic (exact) mass is 429 g/mol. The molecule has 32 heavy (non-hydrogen) atoms. The van der Waals surface area contributed by atoms with Crippen molar-refractivity contribution in [2.75, 3.05) is 11.1 Å². The third-order valence-electron chi connectivity index (χ3n) is 5.84. The fraction of sp³-hybridized carbons (Fsp3) is 0.280. The van der Waals surface area contributed by atoms with Crippen LogP contribution in [-0.4, -0.2) is 27.8 Å². The zero-order valence-corrected chi connectivity index (χ0v) is 18.0. The Balaban J connectivity index is 1.46. The number of anilines is 2. The molecule has 1 aromatic heterocycles. The van der Waals surface area contributed by atoms with E-state index in [2.05, 4.69) is 27.5 Å². The van der Waals surface area contributed by atoms with Gasteiger partial charge in [-0.15, -0.1) is 0 Å². The van der Waals surface area contributed by atoms with Crippen molar-refractivity contribution < 1.29 is 9.59 Å². The highest BCUT2D eigenvalue weighted by atomic mass is 16.2. The van der Waals surface area contributed by atoms with Gasteiger partial charge in [0.1, 0.15) is 0 Å². The molecule has 0 spiro atoms. The second-order valence-corrected chi connectivity index (χ2v) is 8.32. The quantitative estimate of drug-likeness (QED) is 0.560. The molecule has 2 aromatic carbocycles. The summed E-state index contributed by atoms with van der Waals surface area (Å²) in [5.74, 6) is 0.298. The van der Waals surface area contributed by atoms with E-state index in [1.807, 2.05) is 18.2 Å². The molecule has 4 rings (SSSR count). The molecule has 1 heterocycles. The summed E-state index contributed by atoms with van der Waals surface area (Å²) in [5.41, 5.74) is 8.44. The van der Waals surface area contributed by atoms with E-state index >= 15 is 0 Å². The third kappa shape index (κ3) is 5.11. The maximum atomic E-state index is 12.6. The number of para-hydroxylation sites is 1. The fourth-order valence-corrected chi connectivity index (χ4v) is 3.88. The fourth-order valence-electron chi connectivity index (χ4n) is 3.88. The van der Waals surface area contributed by atoms with Gasteiger partial charge >= 0.3 is 0 Å². The van der Waals surface area contributed by atoms with Gasteiger partial charge < -0.3 is 16.4 Å². The van der Waals surface area contributed by atoms with Crippen molar-refractivity contribution in [2.45, 2.75) is 38.6 Å². The van der Waals surface area contributed by atoms with Crippen LogP contribution in [0.3, 0.4) is 0 Å². The lowest BCUT2D eigenvalue weighted by atomic mass is 9.87. The molecule has 7 nitrogen and oxygen atoms in total. The molecule has 0 atom stereocenters. The van der Waals surface area contributed by atoms with Crippen molar-refractivity contribution in [2.24, 2.45) is 5.92 Å². The number of aromatic nitrogens is 2. The molecule has 0 radical (unpaired) electrons. The molecule has 2 amide bonds. The van der Waals surface area contributed by atoms with Crippen molar-refractivity contribution in [3.05, 3.63) is 72.1 Å². The Hall–Kier alpha value is -3.74. The van der Waals surface area contributed by atoms with Crippen molar-refractivity contribution in [1.82, 2.24) is 15.3 Å². The van der Waals surface area contributed by atoms with Crippen LogP contribution in [0.4, 0.5) is 11.5 Å². The molecule has 7 heteroatoms. The summed E-state index contributed by atoms with van der Waals surface area (Å²) < 4.78 is 0. The van der Waals surface area contributed by atoms with Crippen LogP contribution in [0.5, 0.6) is 0 Å². The molecule has 1 saturated carbocycles. The summed E-state index contributed by atoms with van der Waals surface area (Å²) in [6.07, 6.45) is 5.88. The number of amides is 2. The predicted molar refractivity (Wildman–Crippen MR) is 125 cm³/mol. The normalized spacial score (nSPS) is 18.0. The second kappa shape index (κ2) is 9.60. The molecule has 0 saturated heterocycles. The first-order valence-corrected chi connectivity index (χ1v) is 10.9. The molecule has 4 N–H and O–H groups in total. The Morgan fingerprint density at radius 3 is 2.31 bits per heavy atom. The van der Waals surface area contributed by atoms with Gasteiger partial charge in [0.15, 0.2) is 11.5 Å². The highest BCUT2D eigenvalue weighted by molar-refractivity contribution is 6.06. The van der Waals surface area contributed by atoms with Crippen LogP contribution < -0.4 is 16.4 Å². The van der Waals surface area contributed by atoms with E-state index in [4.69, 9.17) is 5.73 Å². The van der Waals surface area contributed by atoms with E-state index < -0.39 is 5.91 Å². The Morgan fingerprint density at radius 1 is 0.938 bits per heavy atom. The molecule has 3 aromatic rings. The SMILES string of the molecule is CC1CCC(NC(=O)c2ccc(-c3cnc(N)c(C(=O)Nc4ccccc4)n3)cc2)CC1. The van der Waals surface area contributed by atoms with Gasteiger partial charge in [0.2, 0.25) is 0 Å². The first kappa shape index (κ1) is 21.5. The Bertz CT molecular complexity index is 1090. The zero-order valence-electron chi connectivity index (χ0n) is 18.0. The number of nitrogens with one attached hydrogen (secondary N) is 2. The summed E-state index contributed by atoms with van der Waals surface area (Å²) in [7, 11) is 0. The molecule has 0 unspecified atom stereocenters. The van der Waals surface area contributed by atoms with Crippen LogP contribution in [-0.2, 0) is 0 Å². The van der Waals surface area contributed by atoms with Gasteiger partial charge in [-0.05, 0) is 55.9 Å². The molecule has 1 aliphatic rings. The number of rotatable bonds is 5. The number of carbonyl (C=O) groups excluding carboxylic acids is 2. The third-order valence-corrected chi connectivity index (χ3v) is 5.84. The minimum Gasteiger partial charge on any atom is -0.382 e. The summed E-state index contributed by atoms with van der Waals surface area (Å²) in [6.45, 7) is 2.26. The van der Waals surface area contributed by atoms with Crippen LogP contribution in [0.1, 0.15) is 53.5 Å². The van der Waals surface area contributed by atoms with Crippen LogP contribution >= 0.6 is 0 Å². The molecule has 1 fully saturated rings. The van der Waals surface area contributed by atoms with Crippen LogP contribution in [0.25, 0.3) is 11.3 Å². The number of hydrogen-bond acceptors (Lipinski definition) is 5. The van der Waals surface area contributed by atoms with Crippen molar-refractivity contribution in [3.8, 4) is 11.3 Å². The van der Waals surface area contributed by atoms with Gasteiger partial charge in [-0.3, -0.25) is 9.59 Å². The molecular weight excluding hydrogens is 402 g/mol. The topological polar surface area (TPSA) is 110 Å². The summed E-state index contributed by atoms with van der Waals surface area (Å²) in [5, 5.41) is 5.90. The van der Waals surface area contributed by atoms with Crippen molar-refractivity contribution >= 4 is 23.3 Å². The largest absolute Gasteiger partial charge is 0.382 e. The van der Waals surface area contributed by atoms with Crippen LogP contribution in [0.15, 0.2) is 60.8 Å². The minimum absolute atomic E-state index is 0.0553. The lowest BCUT2D eigenvalue weighted by Crippen LogP contribution is -2.37. The Kier molecular flexibility index (Phi) is 6.44. The van der Waals surface area contributed by atoms with Gasteiger partial charge in [-0.1, -0.05) is 37.3 Å². The molecular formula is C25H27N5O2. The highest BCUT2D eigenvalue weighted by Crippen LogP contribution is 2.24. The summed E-state index contributed by atoms with van der Waals surface area (Å²) in [6, 6.07) is 16.5. The Morgan fingerprint density at radius 2 is 1.62 bits per heavy atom. The maximum Gasteiger partial charge on any atom is 0.278 e. The minimum atomic E-state index is -0.430. The molecule has 1 aliphatic carbocycles. The number of hydrogen-bond donors (Lipinski definition) is 3. The van der Waals surface area contributed by atoms with Crippen molar-refractivity contribution in [3.63, 3.8) is 0 Å². The van der Waals surface area contributed by atoms with E-state index in [1.165, 1.54) is 6.20 Å². The maximum absolute atomic E-state index is 12.6. The summed E-state index contributed by atoms with van der Waals surface area (Å²) in [4.78, 5) is 33.8. The van der Waals surface area contributed by atoms with E-state index in [0.717, 1.165) is 37.2 Å². The average Bonchev–Trinajstić information content (AvgIpc) is 2.81. The van der Waals surface area contributed by atoms with E-state index in [1.54, 1.807) is 36.4 Å². The first-order chi connectivity index (χ1) is 15.5. The van der Waals surface area contributed by atoms with Gasteiger partial charge in [0.25, 0.3) is 11.8 Å². The lowest BCUT2D eigenvalue weighted by molar-refractivity contribution is 0.0922. The molecule has 0 bridgehead atoms. The van der Waals surface area contributed by atoms with Gasteiger partial charge in [-0.25, -0.2) is 9.97 Å². The highest BCUT2D eigenvalue weighted by Gasteiger charge is 2.20. The van der Waals surface area contributed by atoms with E-state index in [-0.39, 0.29) is 23.5 Å². The molecule has 164 valence electrons. The number of nitrogens with two attached hydrogens (primary N) is 1. The first-order valence-electron chi connectivity index (χ1n) is 10.9. The van der Waals surface area contributed by atoms with Gasteiger partial charge in [-0.2, -0.15) is 0 Å². The predicted octanol–water partition coefficient (Wildman–Crippen LogP) is 4.29. The van der Waals surface area contributed by atoms with Crippen LogP contribution in [0.2, 0.25) is 0 Å². The smallest absolute Gasteiger partial charge is 0.278 e. The summed E-state index contributed by atoms with van der Waals surface area (Å²) >= 11 is 0. The number of nitrogens with zero attached hydrogens (tertiary/aromatic N) is 2. The number of benzene rings is 2. The number of nitrogen functional groups attached to an aromatic ring is 1. The standard InChI is InChI=1S/C25H27N5O2/c1-16-7-13-20(14-8-16)28-24(31)18-11-9-17(10-12-18)21-15-27-23(26)22(30-21)25(32)29-19-5-3-2-4-6-19/h2-6,9-12,15-16,20H,7-8,13-14H2,1H3,(H2,26,27)(H,28,31)(H,29,32). The second-order valence-electron chi connectivity index (χ2n) is 8.32. The van der Waals surface area contributed by atoms with E-state index in [9.17, 15) is 9.59 Å². The average molecular weight is 430 g/mol. The van der Waals surface area contributed by atoms with Crippen LogP contribution in [0, 0.1) is 5.92 Å². The lowest BCUT2D eigenvalue weighted by Gasteiger charge is -2.26. The van der Waals surface area contributed by atoms with E-state index in [0.29, 0.717) is 16.9 Å². The Labute approximate surface area is 187 Å². The zero-order chi connectivity index (χ0) is 22.5. The molecule has 0 aliphatic heterocycles. The van der Waals surface area contributed by atoms with Gasteiger partial charge in [0.05, 0.1) is 11.9 Å². The van der Waals surface area contributed by atoms with Gasteiger partial charge in [0, 0.05) is 22.9 Å².